The molecule has 1 heterocycles. The molecule has 1 aromatic carbocycles. The fraction of sp³-hybridized carbons (Fsp3) is 0.267. The number of benzene rings is 1. The Balaban J connectivity index is 2.33. The van der Waals surface area contributed by atoms with Crippen molar-refractivity contribution in [3.8, 4) is 0 Å². The maximum absolute atomic E-state index is 13.2. The van der Waals surface area contributed by atoms with E-state index in [1.54, 1.807) is 13.0 Å². The van der Waals surface area contributed by atoms with Crippen LogP contribution in [-0.4, -0.2) is 10.1 Å². The Morgan fingerprint density at radius 1 is 1.16 bits per heavy atom. The zero-order chi connectivity index (χ0) is 14.0. The van der Waals surface area contributed by atoms with Crippen molar-refractivity contribution in [2.75, 3.05) is 0 Å². The SMILES string of the molecule is Cc1ccc(F)cc1CC(C)(O)c1cncc(F)c1. The number of hydrogen-bond donors (Lipinski definition) is 1. The van der Waals surface area contributed by atoms with Crippen LogP contribution in [0.15, 0.2) is 36.7 Å². The molecule has 0 spiro atoms. The summed E-state index contributed by atoms with van der Waals surface area (Å²) in [6.07, 6.45) is 2.69. The van der Waals surface area contributed by atoms with Gasteiger partial charge in [0.1, 0.15) is 11.6 Å². The van der Waals surface area contributed by atoms with Gasteiger partial charge < -0.3 is 5.11 Å². The van der Waals surface area contributed by atoms with Crippen LogP contribution in [0.1, 0.15) is 23.6 Å². The molecule has 0 saturated heterocycles. The zero-order valence-electron chi connectivity index (χ0n) is 10.8. The first kappa shape index (κ1) is 13.6. The summed E-state index contributed by atoms with van der Waals surface area (Å²) >= 11 is 0. The third-order valence-corrected chi connectivity index (χ3v) is 3.17. The van der Waals surface area contributed by atoms with E-state index < -0.39 is 11.4 Å². The minimum atomic E-state index is -1.30. The molecule has 0 saturated carbocycles. The highest BCUT2D eigenvalue weighted by Crippen LogP contribution is 2.26. The summed E-state index contributed by atoms with van der Waals surface area (Å²) in [7, 11) is 0. The first-order chi connectivity index (χ1) is 8.88. The Bertz CT molecular complexity index is 596. The van der Waals surface area contributed by atoms with Crippen molar-refractivity contribution in [1.82, 2.24) is 4.98 Å². The maximum atomic E-state index is 13.2. The van der Waals surface area contributed by atoms with Gasteiger partial charge in [0.2, 0.25) is 0 Å². The molecular weight excluding hydrogens is 248 g/mol. The Hall–Kier alpha value is -1.81. The van der Waals surface area contributed by atoms with E-state index >= 15 is 0 Å². The van der Waals surface area contributed by atoms with E-state index in [9.17, 15) is 13.9 Å². The fourth-order valence-corrected chi connectivity index (χ4v) is 2.01. The molecule has 0 bridgehead atoms. The van der Waals surface area contributed by atoms with Crippen LogP contribution in [0.25, 0.3) is 0 Å². The van der Waals surface area contributed by atoms with Gasteiger partial charge in [0, 0.05) is 18.2 Å². The number of pyridine rings is 1. The van der Waals surface area contributed by atoms with Crippen LogP contribution in [0.5, 0.6) is 0 Å². The average molecular weight is 263 g/mol. The second-order valence-corrected chi connectivity index (χ2v) is 4.91. The highest BCUT2D eigenvalue weighted by atomic mass is 19.1. The fourth-order valence-electron chi connectivity index (χ4n) is 2.01. The average Bonchev–Trinajstić information content (AvgIpc) is 2.33. The third-order valence-electron chi connectivity index (χ3n) is 3.17. The minimum Gasteiger partial charge on any atom is -0.385 e. The van der Waals surface area contributed by atoms with Gasteiger partial charge in [-0.3, -0.25) is 4.98 Å². The van der Waals surface area contributed by atoms with Crippen LogP contribution >= 0.6 is 0 Å². The molecule has 1 atom stereocenters. The summed E-state index contributed by atoms with van der Waals surface area (Å²) in [5.41, 5.74) is 0.643. The van der Waals surface area contributed by atoms with Gasteiger partial charge in [-0.2, -0.15) is 0 Å². The van der Waals surface area contributed by atoms with E-state index in [0.29, 0.717) is 11.1 Å². The van der Waals surface area contributed by atoms with Crippen molar-refractivity contribution in [2.45, 2.75) is 25.9 Å². The van der Waals surface area contributed by atoms with Crippen LogP contribution < -0.4 is 0 Å². The third kappa shape index (κ3) is 3.15. The van der Waals surface area contributed by atoms with E-state index in [1.165, 1.54) is 24.4 Å². The Kier molecular flexibility index (Phi) is 3.62. The maximum Gasteiger partial charge on any atom is 0.141 e. The van der Waals surface area contributed by atoms with E-state index in [2.05, 4.69) is 4.98 Å². The molecule has 0 aliphatic carbocycles. The van der Waals surface area contributed by atoms with Gasteiger partial charge in [-0.05, 0) is 43.2 Å². The lowest BCUT2D eigenvalue weighted by Gasteiger charge is -2.24. The summed E-state index contributed by atoms with van der Waals surface area (Å²) in [5, 5.41) is 10.4. The second kappa shape index (κ2) is 5.05. The smallest absolute Gasteiger partial charge is 0.141 e. The van der Waals surface area contributed by atoms with Crippen LogP contribution in [-0.2, 0) is 12.0 Å². The summed E-state index contributed by atoms with van der Waals surface area (Å²) in [6.45, 7) is 3.41. The number of nitrogens with zero attached hydrogens (tertiary/aromatic N) is 1. The highest BCUT2D eigenvalue weighted by molar-refractivity contribution is 5.30. The summed E-state index contributed by atoms with van der Waals surface area (Å²) in [6, 6.07) is 5.65. The predicted octanol–water partition coefficient (Wildman–Crippen LogP) is 3.12. The lowest BCUT2D eigenvalue weighted by Crippen LogP contribution is -2.25. The van der Waals surface area contributed by atoms with Crippen LogP contribution in [0.2, 0.25) is 0 Å². The number of halogens is 2. The standard InChI is InChI=1S/C15H15F2NO/c1-10-3-4-13(16)5-11(10)7-15(2,19)12-6-14(17)9-18-8-12/h3-6,8-9,19H,7H2,1-2H3. The number of hydrogen-bond acceptors (Lipinski definition) is 2. The van der Waals surface area contributed by atoms with E-state index in [1.807, 2.05) is 6.92 Å². The largest absolute Gasteiger partial charge is 0.385 e. The quantitative estimate of drug-likeness (QED) is 0.923. The number of rotatable bonds is 3. The topological polar surface area (TPSA) is 33.1 Å². The van der Waals surface area contributed by atoms with Gasteiger partial charge in [-0.25, -0.2) is 8.78 Å². The second-order valence-electron chi connectivity index (χ2n) is 4.91. The van der Waals surface area contributed by atoms with Gasteiger partial charge in [-0.15, -0.1) is 0 Å². The van der Waals surface area contributed by atoms with Gasteiger partial charge in [0.05, 0.1) is 11.8 Å². The molecule has 0 aliphatic heterocycles. The molecule has 2 rings (SSSR count). The molecule has 0 aliphatic rings. The molecule has 4 heteroatoms. The lowest BCUT2D eigenvalue weighted by atomic mass is 9.88. The molecule has 0 amide bonds. The van der Waals surface area contributed by atoms with E-state index in [-0.39, 0.29) is 12.2 Å². The molecule has 2 aromatic rings. The van der Waals surface area contributed by atoms with Crippen LogP contribution in [0, 0.1) is 18.6 Å². The van der Waals surface area contributed by atoms with Crippen molar-refractivity contribution < 1.29 is 13.9 Å². The van der Waals surface area contributed by atoms with E-state index in [0.717, 1.165) is 11.8 Å². The summed E-state index contributed by atoms with van der Waals surface area (Å²) in [5.74, 6) is -0.859. The first-order valence-corrected chi connectivity index (χ1v) is 5.97. The Labute approximate surface area is 110 Å². The van der Waals surface area contributed by atoms with E-state index in [4.69, 9.17) is 0 Å². The van der Waals surface area contributed by atoms with Crippen LogP contribution in [0.4, 0.5) is 8.78 Å². The Morgan fingerprint density at radius 3 is 2.58 bits per heavy atom. The summed E-state index contributed by atoms with van der Waals surface area (Å²) < 4.78 is 26.4. The number of aliphatic hydroxyl groups is 1. The van der Waals surface area contributed by atoms with Gasteiger partial charge in [0.25, 0.3) is 0 Å². The summed E-state index contributed by atoms with van der Waals surface area (Å²) in [4.78, 5) is 3.72. The number of aromatic nitrogens is 1. The van der Waals surface area contributed by atoms with Gasteiger partial charge in [-0.1, -0.05) is 6.07 Å². The molecular formula is C15H15F2NO. The molecule has 0 fully saturated rings. The first-order valence-electron chi connectivity index (χ1n) is 5.97. The Morgan fingerprint density at radius 2 is 1.89 bits per heavy atom. The van der Waals surface area contributed by atoms with Crippen molar-refractivity contribution in [3.63, 3.8) is 0 Å². The monoisotopic (exact) mass is 263 g/mol. The molecule has 1 N–H and O–H groups in total. The van der Waals surface area contributed by atoms with Crippen molar-refractivity contribution in [3.05, 3.63) is 65.0 Å². The highest BCUT2D eigenvalue weighted by Gasteiger charge is 2.25. The molecule has 0 radical (unpaired) electrons. The molecule has 19 heavy (non-hydrogen) atoms. The molecule has 1 aromatic heterocycles. The lowest BCUT2D eigenvalue weighted by molar-refractivity contribution is 0.0567. The van der Waals surface area contributed by atoms with Crippen molar-refractivity contribution in [2.24, 2.45) is 0 Å². The van der Waals surface area contributed by atoms with Crippen molar-refractivity contribution >= 4 is 0 Å². The number of aryl methyl sites for hydroxylation is 1. The minimum absolute atomic E-state index is 0.196. The zero-order valence-corrected chi connectivity index (χ0v) is 10.8. The molecule has 1 unspecified atom stereocenters. The predicted molar refractivity (Wildman–Crippen MR) is 68.6 cm³/mol. The van der Waals surface area contributed by atoms with Gasteiger partial charge >= 0.3 is 0 Å². The van der Waals surface area contributed by atoms with Crippen LogP contribution in [0.3, 0.4) is 0 Å². The van der Waals surface area contributed by atoms with Gasteiger partial charge in [0.15, 0.2) is 0 Å². The van der Waals surface area contributed by atoms with Crippen molar-refractivity contribution in [1.29, 1.82) is 0 Å². The molecule has 100 valence electrons. The normalized spacial score (nSPS) is 14.2. The molecule has 2 nitrogen and oxygen atoms in total.